The van der Waals surface area contributed by atoms with Gasteiger partial charge in [0, 0.05) is 0 Å². The van der Waals surface area contributed by atoms with Crippen molar-refractivity contribution >= 4 is 0 Å². The molecule has 0 saturated heterocycles. The van der Waals surface area contributed by atoms with Gasteiger partial charge in [-0.3, -0.25) is 0 Å². The second-order valence-electron chi connectivity index (χ2n) is 4.54. The van der Waals surface area contributed by atoms with E-state index in [9.17, 15) is 5.11 Å². The van der Waals surface area contributed by atoms with Crippen LogP contribution in [-0.2, 0) is 5.41 Å². The van der Waals surface area contributed by atoms with Crippen LogP contribution in [0.15, 0.2) is 48.5 Å². The minimum absolute atomic E-state index is 0.0539. The first-order chi connectivity index (χ1) is 7.02. The van der Waals surface area contributed by atoms with Gasteiger partial charge in [-0.1, -0.05) is 63.2 Å². The van der Waals surface area contributed by atoms with Gasteiger partial charge in [0.2, 0.25) is 0 Å². The van der Waals surface area contributed by atoms with E-state index >= 15 is 0 Å². The Labute approximate surface area is 91.7 Å². The molecule has 1 nitrogen and oxygen atoms in total. The monoisotopic (exact) mass is 202 g/mol. The first-order valence-corrected chi connectivity index (χ1v) is 5.13. The Morgan fingerprint density at radius 1 is 0.800 bits per heavy atom. The van der Waals surface area contributed by atoms with Gasteiger partial charge in [-0.25, -0.2) is 0 Å². The van der Waals surface area contributed by atoms with Crippen molar-refractivity contribution in [3.63, 3.8) is 0 Å². The van der Waals surface area contributed by atoms with Crippen LogP contribution < -0.4 is 0 Å². The van der Waals surface area contributed by atoms with E-state index in [1.165, 1.54) is 0 Å². The normalized spacial score (nSPS) is 10.6. The highest BCUT2D eigenvalue weighted by Gasteiger charge is 2.15. The first-order valence-electron chi connectivity index (χ1n) is 5.13. The lowest BCUT2D eigenvalue weighted by Crippen LogP contribution is -2.10. The maximum Gasteiger partial charge on any atom is 0.119 e. The molecule has 1 heteroatoms. The molecule has 0 aliphatic carbocycles. The number of aromatic hydroxyl groups is 1. The summed E-state index contributed by atoms with van der Waals surface area (Å²) in [4.78, 5) is 0. The molecule has 0 amide bonds. The largest absolute Gasteiger partial charge is 0.508 e. The lowest BCUT2D eigenvalue weighted by atomic mass is 9.87. The molecule has 0 spiro atoms. The summed E-state index contributed by atoms with van der Waals surface area (Å²) in [6.45, 7) is 6.26. The molecule has 0 aromatic heterocycles. The van der Waals surface area contributed by atoms with Crippen molar-refractivity contribution in [2.24, 2.45) is 0 Å². The van der Waals surface area contributed by atoms with E-state index < -0.39 is 0 Å². The predicted octanol–water partition coefficient (Wildman–Crippen LogP) is 3.81. The Morgan fingerprint density at radius 2 is 1.27 bits per heavy atom. The maximum atomic E-state index is 9.91. The van der Waals surface area contributed by atoms with E-state index in [2.05, 4.69) is 20.8 Å². The lowest BCUT2D eigenvalue weighted by molar-refractivity contribution is 0.447. The summed E-state index contributed by atoms with van der Waals surface area (Å²) < 4.78 is 0. The van der Waals surface area contributed by atoms with E-state index in [1.807, 2.05) is 42.5 Å². The Kier molecular flexibility index (Phi) is 3.73. The van der Waals surface area contributed by atoms with Gasteiger partial charge in [0.05, 0.1) is 0 Å². The van der Waals surface area contributed by atoms with Crippen molar-refractivity contribution in [3.05, 3.63) is 54.1 Å². The van der Waals surface area contributed by atoms with Crippen LogP contribution in [0, 0.1) is 0 Å². The third-order valence-electron chi connectivity index (χ3n) is 2.16. The Balaban J connectivity index is 3.40. The molecule has 0 saturated carbocycles. The average molecular weight is 202 g/mol. The van der Waals surface area contributed by atoms with E-state index in [4.69, 9.17) is 0 Å². The van der Waals surface area contributed by atoms with Gasteiger partial charge in [0.1, 0.15) is 5.75 Å². The second kappa shape index (κ2) is 4.83. The molecule has 1 aromatic rings. The molecule has 1 N–H and O–H groups in total. The Hall–Kier alpha value is -1.50. The highest BCUT2D eigenvalue weighted by atomic mass is 16.3. The minimum Gasteiger partial charge on any atom is -0.508 e. The third kappa shape index (κ3) is 3.62. The Bertz CT molecular complexity index is 373. The van der Waals surface area contributed by atoms with Gasteiger partial charge in [0.25, 0.3) is 0 Å². The molecule has 0 atom stereocenters. The standard InChI is InChI=1S/C14H18O/c1-14(2,3)12-10-8-6-4-5-7-9-11-13(12)15/h4-11,15H,1-3H3. The fourth-order valence-corrected chi connectivity index (χ4v) is 1.36. The van der Waals surface area contributed by atoms with Gasteiger partial charge in [-0.05, 0) is 17.0 Å². The summed E-state index contributed by atoms with van der Waals surface area (Å²) in [5.41, 5.74) is 0.889. The van der Waals surface area contributed by atoms with Gasteiger partial charge in [-0.15, -0.1) is 0 Å². The van der Waals surface area contributed by atoms with Gasteiger partial charge < -0.3 is 5.11 Å². The van der Waals surface area contributed by atoms with E-state index in [0.717, 1.165) is 5.56 Å². The predicted molar refractivity (Wildman–Crippen MR) is 64.4 cm³/mol. The summed E-state index contributed by atoms with van der Waals surface area (Å²) in [7, 11) is 0. The van der Waals surface area contributed by atoms with E-state index in [0.29, 0.717) is 5.75 Å². The SMILES string of the molecule is CC(C)(C)c1ccccccccc1O. The third-order valence-corrected chi connectivity index (χ3v) is 2.16. The zero-order valence-corrected chi connectivity index (χ0v) is 9.57. The number of hydrogen-bond donors (Lipinski definition) is 1. The summed E-state index contributed by atoms with van der Waals surface area (Å²) in [6.07, 6.45) is 0. The topological polar surface area (TPSA) is 20.2 Å². The molecule has 1 rings (SSSR count). The summed E-state index contributed by atoms with van der Waals surface area (Å²) >= 11 is 0. The molecule has 0 heterocycles. The van der Waals surface area contributed by atoms with Crippen LogP contribution >= 0.6 is 0 Å². The molecular weight excluding hydrogens is 184 g/mol. The number of rotatable bonds is 0. The van der Waals surface area contributed by atoms with Crippen LogP contribution in [0.25, 0.3) is 0 Å². The zero-order valence-electron chi connectivity index (χ0n) is 9.57. The smallest absolute Gasteiger partial charge is 0.119 e. The Morgan fingerprint density at radius 3 is 1.80 bits per heavy atom. The van der Waals surface area contributed by atoms with Crippen LogP contribution in [0.2, 0.25) is 0 Å². The number of hydrogen-bond acceptors (Lipinski definition) is 1. The molecule has 0 fully saturated rings. The van der Waals surface area contributed by atoms with Crippen molar-refractivity contribution in [3.8, 4) is 5.75 Å². The summed E-state index contributed by atoms with van der Waals surface area (Å²) in [6, 6.07) is 15.2. The van der Waals surface area contributed by atoms with Crippen LogP contribution in [0.4, 0.5) is 0 Å². The van der Waals surface area contributed by atoms with Crippen molar-refractivity contribution < 1.29 is 5.11 Å². The van der Waals surface area contributed by atoms with Crippen molar-refractivity contribution in [1.82, 2.24) is 0 Å². The minimum atomic E-state index is -0.0539. The fourth-order valence-electron chi connectivity index (χ4n) is 1.36. The zero-order chi connectivity index (χ0) is 11.3. The van der Waals surface area contributed by atoms with Crippen LogP contribution in [0.3, 0.4) is 0 Å². The molecule has 1 aromatic carbocycles. The van der Waals surface area contributed by atoms with Crippen molar-refractivity contribution in [2.75, 3.05) is 0 Å². The molecule has 15 heavy (non-hydrogen) atoms. The highest BCUT2D eigenvalue weighted by Crippen LogP contribution is 2.28. The quantitative estimate of drug-likeness (QED) is 0.678. The maximum absolute atomic E-state index is 9.91. The lowest BCUT2D eigenvalue weighted by Gasteiger charge is -2.18. The van der Waals surface area contributed by atoms with Gasteiger partial charge in [-0.2, -0.15) is 0 Å². The van der Waals surface area contributed by atoms with Gasteiger partial charge in [0.15, 0.2) is 0 Å². The van der Waals surface area contributed by atoms with E-state index in [-0.39, 0.29) is 5.41 Å². The molecule has 0 aliphatic rings. The molecular formula is C14H18O. The van der Waals surface area contributed by atoms with Crippen LogP contribution in [-0.4, -0.2) is 5.11 Å². The molecule has 0 bridgehead atoms. The van der Waals surface area contributed by atoms with Crippen molar-refractivity contribution in [2.45, 2.75) is 26.2 Å². The second-order valence-corrected chi connectivity index (χ2v) is 4.54. The molecule has 0 radical (unpaired) electrons. The first kappa shape index (κ1) is 11.6. The molecule has 0 aliphatic heterocycles. The average Bonchev–Trinajstić information content (AvgIpc) is 2.14. The summed E-state index contributed by atoms with van der Waals surface area (Å²) in [5, 5.41) is 9.91. The molecule has 0 unspecified atom stereocenters. The van der Waals surface area contributed by atoms with Crippen LogP contribution in [0.5, 0.6) is 5.75 Å². The van der Waals surface area contributed by atoms with Crippen molar-refractivity contribution in [1.29, 1.82) is 0 Å². The highest BCUT2D eigenvalue weighted by molar-refractivity contribution is 5.34. The summed E-state index contributed by atoms with van der Waals surface area (Å²) in [5.74, 6) is 0.332. The van der Waals surface area contributed by atoms with E-state index in [1.54, 1.807) is 6.07 Å². The molecule has 80 valence electrons. The van der Waals surface area contributed by atoms with Crippen LogP contribution in [0.1, 0.15) is 26.3 Å². The van der Waals surface area contributed by atoms with Gasteiger partial charge >= 0.3 is 0 Å². The fraction of sp³-hybridized carbons (Fsp3) is 0.286.